The number of furan rings is 1. The van der Waals surface area contributed by atoms with Gasteiger partial charge in [0.15, 0.2) is 0 Å². The van der Waals surface area contributed by atoms with Crippen LogP contribution in [0.2, 0.25) is 0 Å². The Hall–Kier alpha value is -1.56. The summed E-state index contributed by atoms with van der Waals surface area (Å²) in [6, 6.07) is 3.84. The van der Waals surface area contributed by atoms with E-state index in [0.717, 1.165) is 22.6 Å². The molecule has 0 amide bonds. The van der Waals surface area contributed by atoms with Crippen molar-refractivity contribution < 1.29 is 4.42 Å². The molecule has 1 N–H and O–H groups in total. The topological polar surface area (TPSA) is 54.2 Å². The maximum absolute atomic E-state index is 5.37. The molecule has 0 saturated carbocycles. The summed E-state index contributed by atoms with van der Waals surface area (Å²) in [6.45, 7) is 3.60. The van der Waals surface area contributed by atoms with Crippen molar-refractivity contribution in [1.29, 1.82) is 0 Å². The molecule has 6 heteroatoms. The highest BCUT2D eigenvalue weighted by molar-refractivity contribution is 9.10. The Morgan fingerprint density at radius 3 is 2.94 bits per heavy atom. The zero-order valence-electron chi connectivity index (χ0n) is 10.4. The normalized spacial score (nSPS) is 10.4. The van der Waals surface area contributed by atoms with E-state index in [2.05, 4.69) is 43.0 Å². The molecule has 18 heavy (non-hydrogen) atoms. The van der Waals surface area contributed by atoms with E-state index in [9.17, 15) is 0 Å². The summed E-state index contributed by atoms with van der Waals surface area (Å²) >= 11 is 3.48. The van der Waals surface area contributed by atoms with E-state index >= 15 is 0 Å². The van der Waals surface area contributed by atoms with Crippen molar-refractivity contribution in [1.82, 2.24) is 9.97 Å². The highest BCUT2D eigenvalue weighted by Crippen LogP contribution is 2.25. The quantitative estimate of drug-likeness (QED) is 0.920. The summed E-state index contributed by atoms with van der Waals surface area (Å²) in [4.78, 5) is 10.7. The van der Waals surface area contributed by atoms with E-state index < -0.39 is 0 Å². The number of hydrogen-bond donors (Lipinski definition) is 1. The fraction of sp³-hybridized carbons (Fsp3) is 0.333. The van der Waals surface area contributed by atoms with Gasteiger partial charge in [-0.2, -0.15) is 4.98 Å². The second kappa shape index (κ2) is 5.86. The van der Waals surface area contributed by atoms with Crippen molar-refractivity contribution in [2.24, 2.45) is 0 Å². The number of halogens is 1. The zero-order valence-corrected chi connectivity index (χ0v) is 11.9. The number of rotatable bonds is 5. The number of nitrogens with one attached hydrogen (secondary N) is 1. The molecule has 5 nitrogen and oxygen atoms in total. The summed E-state index contributed by atoms with van der Waals surface area (Å²) in [5.41, 5.74) is 0. The molecule has 0 aliphatic heterocycles. The molecule has 0 aliphatic rings. The van der Waals surface area contributed by atoms with Gasteiger partial charge in [0, 0.05) is 19.8 Å². The van der Waals surface area contributed by atoms with Gasteiger partial charge in [0.2, 0.25) is 5.95 Å². The van der Waals surface area contributed by atoms with Gasteiger partial charge in [-0.1, -0.05) is 0 Å². The minimum absolute atomic E-state index is 0.603. The first-order valence-corrected chi connectivity index (χ1v) is 6.51. The van der Waals surface area contributed by atoms with E-state index in [1.54, 1.807) is 19.5 Å². The third kappa shape index (κ3) is 2.81. The standard InChI is InChI=1S/C12H15BrN4O/c1-3-17(8-9-5-4-6-18-9)11-10(13)7-15-12(14-2)16-11/h4-7H,3,8H2,1-2H3,(H,14,15,16). The molecule has 2 heterocycles. The Morgan fingerprint density at radius 2 is 2.33 bits per heavy atom. The lowest BCUT2D eigenvalue weighted by Gasteiger charge is -2.22. The van der Waals surface area contributed by atoms with Crippen LogP contribution in [0.5, 0.6) is 0 Å². The van der Waals surface area contributed by atoms with Gasteiger partial charge in [-0.05, 0) is 35.0 Å². The fourth-order valence-corrected chi connectivity index (χ4v) is 2.07. The lowest BCUT2D eigenvalue weighted by atomic mass is 10.4. The van der Waals surface area contributed by atoms with Crippen LogP contribution in [0.4, 0.5) is 11.8 Å². The molecule has 0 radical (unpaired) electrons. The minimum Gasteiger partial charge on any atom is -0.467 e. The Kier molecular flexibility index (Phi) is 4.19. The summed E-state index contributed by atoms with van der Waals surface area (Å²) in [7, 11) is 1.80. The highest BCUT2D eigenvalue weighted by Gasteiger charge is 2.13. The molecular formula is C12H15BrN4O. The third-order valence-corrected chi connectivity index (χ3v) is 3.12. The summed E-state index contributed by atoms with van der Waals surface area (Å²) in [6.07, 6.45) is 3.43. The second-order valence-electron chi connectivity index (χ2n) is 3.71. The Balaban J connectivity index is 2.26. The Labute approximate surface area is 114 Å². The van der Waals surface area contributed by atoms with Crippen molar-refractivity contribution in [3.8, 4) is 0 Å². The average Bonchev–Trinajstić information content (AvgIpc) is 2.90. The van der Waals surface area contributed by atoms with Gasteiger partial charge in [-0.15, -0.1) is 0 Å². The van der Waals surface area contributed by atoms with Gasteiger partial charge in [0.1, 0.15) is 11.6 Å². The van der Waals surface area contributed by atoms with Crippen LogP contribution in [-0.4, -0.2) is 23.6 Å². The zero-order chi connectivity index (χ0) is 13.0. The number of nitrogens with zero attached hydrogens (tertiary/aromatic N) is 3. The molecule has 2 rings (SSSR count). The van der Waals surface area contributed by atoms with Crippen LogP contribution in [0, 0.1) is 0 Å². The van der Waals surface area contributed by atoms with Crippen LogP contribution in [0.3, 0.4) is 0 Å². The first-order chi connectivity index (χ1) is 8.74. The molecule has 2 aromatic rings. The number of aromatic nitrogens is 2. The predicted octanol–water partition coefficient (Wildman–Crippen LogP) is 2.90. The van der Waals surface area contributed by atoms with E-state index in [1.807, 2.05) is 12.1 Å². The summed E-state index contributed by atoms with van der Waals surface area (Å²) < 4.78 is 6.24. The van der Waals surface area contributed by atoms with E-state index in [-0.39, 0.29) is 0 Å². The van der Waals surface area contributed by atoms with E-state index in [0.29, 0.717) is 12.5 Å². The van der Waals surface area contributed by atoms with Crippen molar-refractivity contribution in [3.05, 3.63) is 34.8 Å². The van der Waals surface area contributed by atoms with Crippen LogP contribution < -0.4 is 10.2 Å². The maximum atomic E-state index is 5.37. The Bertz CT molecular complexity index is 501. The molecule has 0 atom stereocenters. The van der Waals surface area contributed by atoms with Crippen molar-refractivity contribution >= 4 is 27.7 Å². The first kappa shape index (κ1) is 12.9. The molecule has 0 aromatic carbocycles. The summed E-state index contributed by atoms with van der Waals surface area (Å²) in [5.74, 6) is 2.37. The molecule has 0 fully saturated rings. The smallest absolute Gasteiger partial charge is 0.224 e. The van der Waals surface area contributed by atoms with Crippen molar-refractivity contribution in [2.45, 2.75) is 13.5 Å². The van der Waals surface area contributed by atoms with E-state index in [1.165, 1.54) is 0 Å². The molecule has 0 unspecified atom stereocenters. The van der Waals surface area contributed by atoms with E-state index in [4.69, 9.17) is 4.42 Å². The molecule has 0 aliphatic carbocycles. The van der Waals surface area contributed by atoms with Gasteiger partial charge in [0.25, 0.3) is 0 Å². The van der Waals surface area contributed by atoms with Gasteiger partial charge in [0.05, 0.1) is 17.3 Å². The molecule has 96 valence electrons. The van der Waals surface area contributed by atoms with Crippen LogP contribution in [0.25, 0.3) is 0 Å². The molecule has 2 aromatic heterocycles. The lowest BCUT2D eigenvalue weighted by Crippen LogP contribution is -2.23. The predicted molar refractivity (Wildman–Crippen MR) is 74.7 cm³/mol. The molecule has 0 bridgehead atoms. The second-order valence-corrected chi connectivity index (χ2v) is 4.56. The van der Waals surface area contributed by atoms with Crippen molar-refractivity contribution in [2.75, 3.05) is 23.8 Å². The monoisotopic (exact) mass is 310 g/mol. The van der Waals surface area contributed by atoms with Crippen LogP contribution >= 0.6 is 15.9 Å². The largest absolute Gasteiger partial charge is 0.467 e. The minimum atomic E-state index is 0.603. The number of anilines is 2. The molecule has 0 saturated heterocycles. The van der Waals surface area contributed by atoms with Gasteiger partial charge >= 0.3 is 0 Å². The fourth-order valence-electron chi connectivity index (χ4n) is 1.63. The van der Waals surface area contributed by atoms with Crippen LogP contribution in [0.15, 0.2) is 33.5 Å². The Morgan fingerprint density at radius 1 is 1.50 bits per heavy atom. The molecular weight excluding hydrogens is 296 g/mol. The van der Waals surface area contributed by atoms with Crippen LogP contribution in [0.1, 0.15) is 12.7 Å². The average molecular weight is 311 g/mol. The van der Waals surface area contributed by atoms with Crippen molar-refractivity contribution in [3.63, 3.8) is 0 Å². The third-order valence-electron chi connectivity index (χ3n) is 2.56. The SMILES string of the molecule is CCN(Cc1ccco1)c1nc(NC)ncc1Br. The lowest BCUT2D eigenvalue weighted by molar-refractivity contribution is 0.502. The number of hydrogen-bond acceptors (Lipinski definition) is 5. The molecule has 0 spiro atoms. The van der Waals surface area contributed by atoms with Crippen LogP contribution in [-0.2, 0) is 6.54 Å². The van der Waals surface area contributed by atoms with Gasteiger partial charge in [-0.25, -0.2) is 4.98 Å². The van der Waals surface area contributed by atoms with Gasteiger partial charge < -0.3 is 14.6 Å². The van der Waals surface area contributed by atoms with Gasteiger partial charge in [-0.3, -0.25) is 0 Å². The highest BCUT2D eigenvalue weighted by atomic mass is 79.9. The summed E-state index contributed by atoms with van der Waals surface area (Å²) in [5, 5.41) is 2.94. The maximum Gasteiger partial charge on any atom is 0.224 e. The first-order valence-electron chi connectivity index (χ1n) is 5.72.